The number of halogens is 1. The van der Waals surface area contributed by atoms with Crippen LogP contribution < -0.4 is 16.0 Å². The van der Waals surface area contributed by atoms with Gasteiger partial charge in [0.25, 0.3) is 5.91 Å². The molecule has 1 unspecified atom stereocenters. The number of carbonyl (C=O) groups is 2. The number of anilines is 1. The molecule has 1 aromatic rings. The van der Waals surface area contributed by atoms with E-state index in [4.69, 9.17) is 11.6 Å². The van der Waals surface area contributed by atoms with Crippen molar-refractivity contribution >= 4 is 29.2 Å². The smallest absolute Gasteiger partial charge is 0.252 e. The third-order valence-corrected chi connectivity index (χ3v) is 3.22. The van der Waals surface area contributed by atoms with Gasteiger partial charge in [-0.3, -0.25) is 9.59 Å². The third-order valence-electron chi connectivity index (χ3n) is 2.93. The second kappa shape index (κ2) is 5.88. The lowest BCUT2D eigenvalue weighted by molar-refractivity contribution is -0.119. The van der Waals surface area contributed by atoms with Crippen molar-refractivity contribution in [1.82, 2.24) is 15.6 Å². The van der Waals surface area contributed by atoms with Crippen molar-refractivity contribution in [3.8, 4) is 0 Å². The molecule has 1 atom stereocenters. The van der Waals surface area contributed by atoms with Crippen LogP contribution >= 0.6 is 11.6 Å². The predicted octanol–water partition coefficient (Wildman–Crippen LogP) is 0.785. The van der Waals surface area contributed by atoms with Gasteiger partial charge in [0.2, 0.25) is 5.91 Å². The molecule has 19 heavy (non-hydrogen) atoms. The van der Waals surface area contributed by atoms with Gasteiger partial charge in [-0.25, -0.2) is 4.98 Å². The van der Waals surface area contributed by atoms with Gasteiger partial charge in [-0.15, -0.1) is 0 Å². The van der Waals surface area contributed by atoms with Crippen molar-refractivity contribution in [2.45, 2.75) is 18.9 Å². The van der Waals surface area contributed by atoms with Crippen LogP contribution in [0.15, 0.2) is 12.3 Å². The molecule has 7 heteroatoms. The molecule has 2 rings (SSSR count). The van der Waals surface area contributed by atoms with E-state index in [1.54, 1.807) is 13.1 Å². The van der Waals surface area contributed by atoms with Gasteiger partial charge in [-0.1, -0.05) is 11.6 Å². The van der Waals surface area contributed by atoms with Crippen LogP contribution in [-0.4, -0.2) is 36.4 Å². The van der Waals surface area contributed by atoms with Crippen LogP contribution in [0.1, 0.15) is 23.2 Å². The summed E-state index contributed by atoms with van der Waals surface area (Å²) in [6.07, 6.45) is 2.72. The van der Waals surface area contributed by atoms with Crippen molar-refractivity contribution in [2.75, 3.05) is 18.9 Å². The quantitative estimate of drug-likeness (QED) is 0.762. The normalized spacial score (nSPS) is 18.0. The first kappa shape index (κ1) is 13.6. The first-order valence-corrected chi connectivity index (χ1v) is 6.39. The minimum atomic E-state index is -0.252. The number of amides is 2. The van der Waals surface area contributed by atoms with E-state index in [0.717, 1.165) is 6.42 Å². The molecule has 102 valence electrons. The van der Waals surface area contributed by atoms with Gasteiger partial charge >= 0.3 is 0 Å². The lowest BCUT2D eigenvalue weighted by Crippen LogP contribution is -2.38. The van der Waals surface area contributed by atoms with E-state index in [0.29, 0.717) is 29.4 Å². The molecule has 0 aliphatic carbocycles. The molecule has 0 spiro atoms. The van der Waals surface area contributed by atoms with E-state index in [1.165, 1.54) is 6.20 Å². The van der Waals surface area contributed by atoms with E-state index in [9.17, 15) is 9.59 Å². The maximum atomic E-state index is 11.9. The van der Waals surface area contributed by atoms with Gasteiger partial charge in [0.15, 0.2) is 0 Å². The second-order valence-corrected chi connectivity index (χ2v) is 4.72. The Balaban J connectivity index is 1.92. The van der Waals surface area contributed by atoms with Crippen molar-refractivity contribution in [3.05, 3.63) is 22.8 Å². The van der Waals surface area contributed by atoms with Crippen molar-refractivity contribution < 1.29 is 9.59 Å². The SMILES string of the molecule is CNc1ncc(C(=O)NCC2CCC(=O)N2)cc1Cl. The molecule has 0 bridgehead atoms. The molecule has 0 saturated carbocycles. The molecule has 1 fully saturated rings. The van der Waals surface area contributed by atoms with E-state index in [2.05, 4.69) is 20.9 Å². The van der Waals surface area contributed by atoms with Gasteiger partial charge in [0.1, 0.15) is 5.82 Å². The molecule has 0 aromatic carbocycles. The summed E-state index contributed by atoms with van der Waals surface area (Å²) in [5.41, 5.74) is 0.397. The Morgan fingerprint density at radius 1 is 1.63 bits per heavy atom. The van der Waals surface area contributed by atoms with Crippen molar-refractivity contribution in [2.24, 2.45) is 0 Å². The monoisotopic (exact) mass is 282 g/mol. The zero-order valence-corrected chi connectivity index (χ0v) is 11.3. The van der Waals surface area contributed by atoms with E-state index in [-0.39, 0.29) is 17.9 Å². The Kier molecular flexibility index (Phi) is 4.21. The number of nitrogens with zero attached hydrogens (tertiary/aromatic N) is 1. The molecule has 6 nitrogen and oxygen atoms in total. The molecule has 1 saturated heterocycles. The standard InChI is InChI=1S/C12H15ClN4O2/c1-14-11-9(13)4-7(5-15-11)12(19)16-6-8-2-3-10(18)17-8/h4-5,8H,2-3,6H2,1H3,(H,14,15)(H,16,19)(H,17,18). The molecular weight excluding hydrogens is 268 g/mol. The summed E-state index contributed by atoms with van der Waals surface area (Å²) >= 11 is 5.96. The Labute approximate surface area is 115 Å². The number of pyridine rings is 1. The first-order chi connectivity index (χ1) is 9.10. The summed E-state index contributed by atoms with van der Waals surface area (Å²) in [4.78, 5) is 27.0. The highest BCUT2D eigenvalue weighted by Crippen LogP contribution is 2.19. The molecule has 1 aliphatic heterocycles. The highest BCUT2D eigenvalue weighted by atomic mass is 35.5. The average molecular weight is 283 g/mol. The second-order valence-electron chi connectivity index (χ2n) is 4.32. The Hall–Kier alpha value is -1.82. The first-order valence-electron chi connectivity index (χ1n) is 6.01. The van der Waals surface area contributed by atoms with Crippen LogP contribution in [0.4, 0.5) is 5.82 Å². The number of aromatic nitrogens is 1. The van der Waals surface area contributed by atoms with E-state index in [1.807, 2.05) is 0 Å². The third kappa shape index (κ3) is 3.35. The summed E-state index contributed by atoms with van der Waals surface area (Å²) in [5.74, 6) is 0.307. The summed E-state index contributed by atoms with van der Waals surface area (Å²) < 4.78 is 0. The highest BCUT2D eigenvalue weighted by Gasteiger charge is 2.21. The van der Waals surface area contributed by atoms with Crippen LogP contribution in [0, 0.1) is 0 Å². The minimum Gasteiger partial charge on any atom is -0.372 e. The van der Waals surface area contributed by atoms with Gasteiger partial charge in [0, 0.05) is 32.3 Å². The fourth-order valence-corrected chi connectivity index (χ4v) is 2.16. The minimum absolute atomic E-state index is 0.0106. The largest absolute Gasteiger partial charge is 0.372 e. The summed E-state index contributed by atoms with van der Waals surface area (Å²) in [6, 6.07) is 1.57. The average Bonchev–Trinajstić information content (AvgIpc) is 2.81. The Morgan fingerprint density at radius 3 is 3.00 bits per heavy atom. The maximum Gasteiger partial charge on any atom is 0.252 e. The van der Waals surface area contributed by atoms with Crippen LogP contribution in [-0.2, 0) is 4.79 Å². The lowest BCUT2D eigenvalue weighted by Gasteiger charge is -2.11. The Morgan fingerprint density at radius 2 is 2.42 bits per heavy atom. The summed E-state index contributed by atoms with van der Waals surface area (Å²) in [6.45, 7) is 0.413. The van der Waals surface area contributed by atoms with Gasteiger partial charge < -0.3 is 16.0 Å². The summed E-state index contributed by atoms with van der Waals surface area (Å²) in [5, 5.41) is 8.75. The van der Waals surface area contributed by atoms with E-state index < -0.39 is 0 Å². The topological polar surface area (TPSA) is 83.1 Å². The van der Waals surface area contributed by atoms with Crippen molar-refractivity contribution in [3.63, 3.8) is 0 Å². The maximum absolute atomic E-state index is 11.9. The van der Waals surface area contributed by atoms with Gasteiger partial charge in [-0.2, -0.15) is 0 Å². The molecule has 0 radical (unpaired) electrons. The number of nitrogens with one attached hydrogen (secondary N) is 3. The Bertz CT molecular complexity index is 507. The molecule has 3 N–H and O–H groups in total. The fourth-order valence-electron chi connectivity index (χ4n) is 1.89. The van der Waals surface area contributed by atoms with E-state index >= 15 is 0 Å². The highest BCUT2D eigenvalue weighted by molar-refractivity contribution is 6.33. The van der Waals surface area contributed by atoms with Crippen LogP contribution in [0.3, 0.4) is 0 Å². The number of hydrogen-bond donors (Lipinski definition) is 3. The zero-order chi connectivity index (χ0) is 13.8. The van der Waals surface area contributed by atoms with Gasteiger partial charge in [-0.05, 0) is 12.5 Å². The molecule has 1 aliphatic rings. The van der Waals surface area contributed by atoms with Crippen LogP contribution in [0.25, 0.3) is 0 Å². The summed E-state index contributed by atoms with van der Waals surface area (Å²) in [7, 11) is 1.71. The molecular formula is C12H15ClN4O2. The van der Waals surface area contributed by atoms with Crippen molar-refractivity contribution in [1.29, 1.82) is 0 Å². The molecule has 1 aromatic heterocycles. The molecule has 2 heterocycles. The van der Waals surface area contributed by atoms with Gasteiger partial charge in [0.05, 0.1) is 10.6 Å². The molecule has 2 amide bonds. The predicted molar refractivity (Wildman–Crippen MR) is 72.3 cm³/mol. The number of rotatable bonds is 4. The number of hydrogen-bond acceptors (Lipinski definition) is 4. The fraction of sp³-hybridized carbons (Fsp3) is 0.417. The lowest BCUT2D eigenvalue weighted by atomic mass is 10.2. The van der Waals surface area contributed by atoms with Crippen LogP contribution in [0.2, 0.25) is 5.02 Å². The zero-order valence-electron chi connectivity index (χ0n) is 10.5. The number of carbonyl (C=O) groups excluding carboxylic acids is 2. The van der Waals surface area contributed by atoms with Crippen LogP contribution in [0.5, 0.6) is 0 Å².